The summed E-state index contributed by atoms with van der Waals surface area (Å²) in [6.45, 7) is 6.10. The van der Waals surface area contributed by atoms with Gasteiger partial charge in [-0.05, 0) is 32.6 Å². The van der Waals surface area contributed by atoms with Crippen molar-refractivity contribution < 1.29 is 24.0 Å². The summed E-state index contributed by atoms with van der Waals surface area (Å²) in [6, 6.07) is 0. The number of fused-ring (bicyclic) bond motifs is 2. The third-order valence-corrected chi connectivity index (χ3v) is 6.23. The molecule has 3 unspecified atom stereocenters. The van der Waals surface area contributed by atoms with Crippen LogP contribution in [0.25, 0.3) is 0 Å². The molecule has 24 heavy (non-hydrogen) atoms. The van der Waals surface area contributed by atoms with Crippen molar-refractivity contribution in [2.75, 3.05) is 6.54 Å². The lowest BCUT2D eigenvalue weighted by Gasteiger charge is -2.36. The van der Waals surface area contributed by atoms with Crippen molar-refractivity contribution >= 4 is 11.9 Å². The molecule has 3 fully saturated rings. The monoisotopic (exact) mass is 338 g/mol. The standard InChI is InChI=1S/C16H22N2O6/c1-14(2)15(3)6-7-16(14,24-12(15)19)13(20)23-11-5-4-8-17-10(11)9-18(21)22/h9,11,17H,4-8H2,1-3H3/b10-9-. The maximum Gasteiger partial charge on any atom is 0.351 e. The van der Waals surface area contributed by atoms with Crippen LogP contribution in [0.5, 0.6) is 0 Å². The van der Waals surface area contributed by atoms with Gasteiger partial charge in [0.25, 0.3) is 6.20 Å². The first-order valence-electron chi connectivity index (χ1n) is 8.18. The zero-order valence-electron chi connectivity index (χ0n) is 14.1. The van der Waals surface area contributed by atoms with Gasteiger partial charge in [0.15, 0.2) is 0 Å². The lowest BCUT2D eigenvalue weighted by molar-refractivity contribution is -0.404. The maximum absolute atomic E-state index is 12.9. The SMILES string of the molecule is CC12CCC(C(=O)OC3CCCN/C3=C\[N+](=O)[O-])(OC1=O)C2(C)C. The van der Waals surface area contributed by atoms with E-state index in [9.17, 15) is 19.7 Å². The largest absolute Gasteiger partial charge is 0.453 e. The van der Waals surface area contributed by atoms with Crippen molar-refractivity contribution in [2.24, 2.45) is 10.8 Å². The number of esters is 2. The number of carbonyl (C=O) groups is 2. The van der Waals surface area contributed by atoms with Gasteiger partial charge in [-0.25, -0.2) is 4.79 Å². The third-order valence-electron chi connectivity index (χ3n) is 6.23. The number of nitro groups is 1. The number of hydrogen-bond donors (Lipinski definition) is 1. The number of piperidine rings is 1. The highest BCUT2D eigenvalue weighted by atomic mass is 16.6. The van der Waals surface area contributed by atoms with Crippen LogP contribution in [-0.4, -0.2) is 35.1 Å². The van der Waals surface area contributed by atoms with Gasteiger partial charge in [-0.15, -0.1) is 0 Å². The highest BCUT2D eigenvalue weighted by Gasteiger charge is 2.76. The summed E-state index contributed by atoms with van der Waals surface area (Å²) >= 11 is 0. The van der Waals surface area contributed by atoms with E-state index in [1.54, 1.807) is 0 Å². The van der Waals surface area contributed by atoms with Crippen LogP contribution in [0.2, 0.25) is 0 Å². The minimum Gasteiger partial charge on any atom is -0.453 e. The Kier molecular flexibility index (Phi) is 3.62. The van der Waals surface area contributed by atoms with Crippen LogP contribution >= 0.6 is 0 Å². The van der Waals surface area contributed by atoms with Crippen molar-refractivity contribution in [3.8, 4) is 0 Å². The molecule has 0 aromatic carbocycles. The summed E-state index contributed by atoms with van der Waals surface area (Å²) in [7, 11) is 0. The van der Waals surface area contributed by atoms with E-state index in [4.69, 9.17) is 9.47 Å². The molecule has 8 heteroatoms. The van der Waals surface area contributed by atoms with Crippen LogP contribution in [0.3, 0.4) is 0 Å². The minimum absolute atomic E-state index is 0.277. The number of nitrogens with one attached hydrogen (secondary N) is 1. The summed E-state index contributed by atoms with van der Waals surface area (Å²) < 4.78 is 11.1. The average Bonchev–Trinajstić information content (AvgIpc) is 2.79. The molecule has 0 aromatic rings. The molecule has 3 aliphatic rings. The summed E-state index contributed by atoms with van der Waals surface area (Å²) in [5.74, 6) is -0.983. The fourth-order valence-corrected chi connectivity index (χ4v) is 4.08. The Morgan fingerprint density at radius 1 is 1.42 bits per heavy atom. The topological polar surface area (TPSA) is 108 Å². The summed E-state index contributed by atoms with van der Waals surface area (Å²) in [4.78, 5) is 35.3. The van der Waals surface area contributed by atoms with Crippen LogP contribution < -0.4 is 5.32 Å². The molecule has 0 radical (unpaired) electrons. The quantitative estimate of drug-likeness (QED) is 0.472. The van der Waals surface area contributed by atoms with E-state index >= 15 is 0 Å². The molecule has 3 rings (SSSR count). The van der Waals surface area contributed by atoms with Crippen LogP contribution in [0, 0.1) is 20.9 Å². The lowest BCUT2D eigenvalue weighted by atomic mass is 9.66. The molecule has 0 spiro atoms. The van der Waals surface area contributed by atoms with Gasteiger partial charge in [0.1, 0.15) is 11.8 Å². The van der Waals surface area contributed by atoms with Gasteiger partial charge in [0.2, 0.25) is 5.60 Å². The van der Waals surface area contributed by atoms with Gasteiger partial charge in [0, 0.05) is 12.0 Å². The molecule has 2 heterocycles. The second kappa shape index (κ2) is 5.19. The molecule has 132 valence electrons. The lowest BCUT2D eigenvalue weighted by Crippen LogP contribution is -2.50. The van der Waals surface area contributed by atoms with Gasteiger partial charge >= 0.3 is 11.9 Å². The minimum atomic E-state index is -1.31. The average molecular weight is 338 g/mol. The Bertz CT molecular complexity index is 642. The molecule has 1 N–H and O–H groups in total. The zero-order valence-corrected chi connectivity index (χ0v) is 14.1. The first kappa shape index (κ1) is 16.7. The fourth-order valence-electron chi connectivity index (χ4n) is 4.08. The van der Waals surface area contributed by atoms with Crippen molar-refractivity contribution in [3.05, 3.63) is 22.0 Å². The normalized spacial score (nSPS) is 38.5. The molecular formula is C16H22N2O6. The van der Waals surface area contributed by atoms with Crippen molar-refractivity contribution in [1.82, 2.24) is 5.32 Å². The van der Waals surface area contributed by atoms with E-state index in [0.717, 1.165) is 12.6 Å². The third kappa shape index (κ3) is 2.04. The first-order valence-corrected chi connectivity index (χ1v) is 8.18. The van der Waals surface area contributed by atoms with Crippen molar-refractivity contribution in [1.29, 1.82) is 0 Å². The van der Waals surface area contributed by atoms with E-state index in [0.29, 0.717) is 25.8 Å². The summed E-state index contributed by atoms with van der Waals surface area (Å²) in [5.41, 5.74) is -2.44. The second-order valence-electron chi connectivity index (χ2n) is 7.51. The van der Waals surface area contributed by atoms with E-state index in [1.807, 2.05) is 20.8 Å². The molecule has 8 nitrogen and oxygen atoms in total. The van der Waals surface area contributed by atoms with Crippen LogP contribution in [0.15, 0.2) is 11.9 Å². The number of rotatable bonds is 3. The highest BCUT2D eigenvalue weighted by molar-refractivity contribution is 5.93. The summed E-state index contributed by atoms with van der Waals surface area (Å²) in [5, 5.41) is 13.7. The molecule has 1 saturated carbocycles. The number of nitrogens with zero attached hydrogens (tertiary/aromatic N) is 1. The Balaban J connectivity index is 1.85. The van der Waals surface area contributed by atoms with Gasteiger partial charge in [0.05, 0.1) is 10.3 Å². The van der Waals surface area contributed by atoms with E-state index < -0.39 is 33.4 Å². The Labute approximate surface area is 139 Å². The van der Waals surface area contributed by atoms with E-state index in [1.165, 1.54) is 0 Å². The van der Waals surface area contributed by atoms with Gasteiger partial charge in [-0.2, -0.15) is 0 Å². The maximum atomic E-state index is 12.9. The fraction of sp³-hybridized carbons (Fsp3) is 0.750. The number of hydrogen-bond acceptors (Lipinski definition) is 7. The number of ether oxygens (including phenoxy) is 2. The van der Waals surface area contributed by atoms with Crippen LogP contribution in [0.4, 0.5) is 0 Å². The Morgan fingerprint density at radius 2 is 2.12 bits per heavy atom. The Morgan fingerprint density at radius 3 is 2.67 bits per heavy atom. The Hall–Kier alpha value is -2.12. The van der Waals surface area contributed by atoms with E-state index in [-0.39, 0.29) is 11.7 Å². The molecular weight excluding hydrogens is 316 g/mol. The number of carbonyl (C=O) groups excluding carboxylic acids is 2. The molecule has 0 amide bonds. The molecule has 0 aromatic heterocycles. The second-order valence-corrected chi connectivity index (χ2v) is 7.51. The molecule has 2 saturated heterocycles. The van der Waals surface area contributed by atoms with Gasteiger partial charge in [-0.3, -0.25) is 14.9 Å². The molecule has 1 aliphatic carbocycles. The predicted octanol–water partition coefficient (Wildman–Crippen LogP) is 1.52. The van der Waals surface area contributed by atoms with Crippen LogP contribution in [-0.2, 0) is 19.1 Å². The zero-order chi connectivity index (χ0) is 17.8. The predicted molar refractivity (Wildman–Crippen MR) is 82.1 cm³/mol. The smallest absolute Gasteiger partial charge is 0.351 e. The van der Waals surface area contributed by atoms with Crippen molar-refractivity contribution in [2.45, 2.75) is 58.2 Å². The van der Waals surface area contributed by atoms with Gasteiger partial charge in [-0.1, -0.05) is 13.8 Å². The highest BCUT2D eigenvalue weighted by Crippen LogP contribution is 2.65. The molecule has 2 aliphatic heterocycles. The van der Waals surface area contributed by atoms with Crippen LogP contribution in [0.1, 0.15) is 46.5 Å². The van der Waals surface area contributed by atoms with Crippen molar-refractivity contribution in [3.63, 3.8) is 0 Å². The van der Waals surface area contributed by atoms with E-state index in [2.05, 4.69) is 5.32 Å². The first-order chi connectivity index (χ1) is 11.1. The molecule has 3 atom stereocenters. The molecule has 2 bridgehead atoms. The van der Waals surface area contributed by atoms with Gasteiger partial charge < -0.3 is 14.8 Å². The summed E-state index contributed by atoms with van der Waals surface area (Å²) in [6.07, 6.45) is 2.33.